The Morgan fingerprint density at radius 3 is 2.56 bits per heavy atom. The van der Waals surface area contributed by atoms with Gasteiger partial charge in [0.05, 0.1) is 11.2 Å². The number of hydrogen-bond donors (Lipinski definition) is 0. The van der Waals surface area contributed by atoms with Gasteiger partial charge in [0.2, 0.25) is 10.0 Å². The van der Waals surface area contributed by atoms with Crippen LogP contribution in [-0.4, -0.2) is 69.3 Å². The first-order valence-electron chi connectivity index (χ1n) is 9.63. The first-order chi connectivity index (χ1) is 15.2. The molecule has 4 rings (SSSR count). The molecule has 0 N–H and O–H groups in total. The summed E-state index contributed by atoms with van der Waals surface area (Å²) in [6.07, 6.45) is 4.40. The third kappa shape index (κ3) is 4.75. The molecular formula is C19H20Cl2N6O4S. The van der Waals surface area contributed by atoms with Crippen molar-refractivity contribution in [3.63, 3.8) is 0 Å². The Kier molecular flexibility index (Phi) is 6.42. The van der Waals surface area contributed by atoms with E-state index < -0.39 is 10.0 Å². The van der Waals surface area contributed by atoms with Crippen molar-refractivity contribution in [2.75, 3.05) is 26.2 Å². The molecule has 32 heavy (non-hydrogen) atoms. The van der Waals surface area contributed by atoms with Crippen molar-refractivity contribution in [1.29, 1.82) is 0 Å². The Labute approximate surface area is 194 Å². The van der Waals surface area contributed by atoms with Crippen LogP contribution in [0, 0.1) is 0 Å². The second-order valence-corrected chi connectivity index (χ2v) is 9.92. The average Bonchev–Trinajstić information content (AvgIpc) is 3.42. The van der Waals surface area contributed by atoms with Crippen molar-refractivity contribution in [2.45, 2.75) is 11.6 Å². The fourth-order valence-corrected chi connectivity index (χ4v) is 5.12. The minimum Gasteiger partial charge on any atom is -0.470 e. The van der Waals surface area contributed by atoms with Gasteiger partial charge in [0.1, 0.15) is 10.6 Å². The Morgan fingerprint density at radius 2 is 1.91 bits per heavy atom. The Bertz CT molecular complexity index is 1230. The van der Waals surface area contributed by atoms with Crippen LogP contribution in [0.15, 0.2) is 47.8 Å². The second-order valence-electron chi connectivity index (χ2n) is 7.13. The Hall–Kier alpha value is -2.60. The zero-order valence-electron chi connectivity index (χ0n) is 17.1. The van der Waals surface area contributed by atoms with Gasteiger partial charge in [0.25, 0.3) is 5.91 Å². The van der Waals surface area contributed by atoms with Gasteiger partial charge in [-0.1, -0.05) is 23.2 Å². The number of benzene rings is 1. The quantitative estimate of drug-likeness (QED) is 0.515. The van der Waals surface area contributed by atoms with E-state index in [0.717, 1.165) is 0 Å². The highest BCUT2D eigenvalue weighted by atomic mass is 35.5. The predicted octanol–water partition coefficient (Wildman–Crippen LogP) is 2.11. The summed E-state index contributed by atoms with van der Waals surface area (Å²) in [5.74, 6) is 0.178. The van der Waals surface area contributed by atoms with Crippen LogP contribution in [0.2, 0.25) is 10.0 Å². The van der Waals surface area contributed by atoms with E-state index in [0.29, 0.717) is 15.8 Å². The molecule has 1 saturated heterocycles. The molecule has 1 fully saturated rings. The summed E-state index contributed by atoms with van der Waals surface area (Å²) in [7, 11) is -1.98. The topological polar surface area (TPSA) is 103 Å². The van der Waals surface area contributed by atoms with Crippen LogP contribution in [0.3, 0.4) is 0 Å². The van der Waals surface area contributed by atoms with Gasteiger partial charge in [-0.05, 0) is 24.3 Å². The summed E-state index contributed by atoms with van der Waals surface area (Å²) in [5, 5.41) is 9.05. The van der Waals surface area contributed by atoms with Crippen molar-refractivity contribution < 1.29 is 17.9 Å². The number of nitrogens with zero attached hydrogens (tertiary/aromatic N) is 6. The lowest BCUT2D eigenvalue weighted by Gasteiger charge is -2.33. The number of aromatic nitrogens is 4. The summed E-state index contributed by atoms with van der Waals surface area (Å²) in [6, 6.07) is 6.48. The molecule has 1 amide bonds. The number of piperazine rings is 1. The molecule has 3 heterocycles. The van der Waals surface area contributed by atoms with Crippen molar-refractivity contribution >= 4 is 39.1 Å². The largest absolute Gasteiger partial charge is 0.470 e. The van der Waals surface area contributed by atoms with Crippen molar-refractivity contribution in [3.05, 3.63) is 58.6 Å². The molecule has 0 unspecified atom stereocenters. The number of aryl methyl sites for hydroxylation is 1. The molecule has 13 heteroatoms. The second kappa shape index (κ2) is 9.10. The monoisotopic (exact) mass is 498 g/mol. The van der Waals surface area contributed by atoms with Crippen LogP contribution in [-0.2, 0) is 23.8 Å². The van der Waals surface area contributed by atoms with Crippen LogP contribution in [0.1, 0.15) is 10.5 Å². The Morgan fingerprint density at radius 1 is 1.16 bits per heavy atom. The third-order valence-electron chi connectivity index (χ3n) is 4.95. The molecule has 0 bridgehead atoms. The van der Waals surface area contributed by atoms with E-state index in [9.17, 15) is 13.2 Å². The van der Waals surface area contributed by atoms with E-state index in [-0.39, 0.29) is 49.4 Å². The smallest absolute Gasteiger partial charge is 0.274 e. The molecule has 0 radical (unpaired) electrons. The number of carbonyl (C=O) groups excluding carboxylic acids is 1. The summed E-state index contributed by atoms with van der Waals surface area (Å²) in [6.45, 7) is 0.986. The fourth-order valence-electron chi connectivity index (χ4n) is 3.25. The number of amides is 1. The van der Waals surface area contributed by atoms with Crippen molar-refractivity contribution in [1.82, 2.24) is 28.8 Å². The normalized spacial score (nSPS) is 15.2. The van der Waals surface area contributed by atoms with Gasteiger partial charge in [-0.15, -0.1) is 0 Å². The molecule has 3 aromatic rings. The van der Waals surface area contributed by atoms with Gasteiger partial charge < -0.3 is 9.64 Å². The summed E-state index contributed by atoms with van der Waals surface area (Å²) in [5.41, 5.74) is 0.249. The highest BCUT2D eigenvalue weighted by Crippen LogP contribution is 2.27. The van der Waals surface area contributed by atoms with E-state index in [4.69, 9.17) is 27.9 Å². The van der Waals surface area contributed by atoms with Crippen LogP contribution in [0.25, 0.3) is 0 Å². The van der Waals surface area contributed by atoms with Gasteiger partial charge >= 0.3 is 0 Å². The minimum absolute atomic E-state index is 0.0613. The van der Waals surface area contributed by atoms with E-state index in [1.807, 2.05) is 0 Å². The third-order valence-corrected chi connectivity index (χ3v) is 7.33. The van der Waals surface area contributed by atoms with Gasteiger partial charge in [0, 0.05) is 50.6 Å². The number of sulfonamides is 1. The highest BCUT2D eigenvalue weighted by Gasteiger charge is 2.31. The average molecular weight is 499 g/mol. The molecular weight excluding hydrogens is 479 g/mol. The van der Waals surface area contributed by atoms with Crippen LogP contribution < -0.4 is 4.74 Å². The van der Waals surface area contributed by atoms with Crippen LogP contribution in [0.5, 0.6) is 5.75 Å². The number of halogens is 2. The van der Waals surface area contributed by atoms with Crippen molar-refractivity contribution in [3.8, 4) is 5.75 Å². The zero-order valence-corrected chi connectivity index (χ0v) is 19.4. The van der Waals surface area contributed by atoms with Gasteiger partial charge in [0.15, 0.2) is 12.4 Å². The first-order valence-corrected chi connectivity index (χ1v) is 11.8. The summed E-state index contributed by atoms with van der Waals surface area (Å²) in [4.78, 5) is 14.5. The molecule has 0 aliphatic carbocycles. The highest BCUT2D eigenvalue weighted by molar-refractivity contribution is 7.89. The molecule has 1 aliphatic rings. The maximum Gasteiger partial charge on any atom is 0.274 e. The molecule has 170 valence electrons. The summed E-state index contributed by atoms with van der Waals surface area (Å²) >= 11 is 12.0. The Balaban J connectivity index is 1.34. The summed E-state index contributed by atoms with van der Waals surface area (Å²) < 4.78 is 35.3. The molecule has 0 spiro atoms. The minimum atomic E-state index is -3.63. The lowest BCUT2D eigenvalue weighted by atomic mass is 10.3. The van der Waals surface area contributed by atoms with Crippen LogP contribution >= 0.6 is 23.2 Å². The number of ether oxygens (including phenoxy) is 1. The van der Waals surface area contributed by atoms with Gasteiger partial charge in [-0.2, -0.15) is 14.5 Å². The SMILES string of the molecule is Cn1cc(S(=O)(=O)N2CCN(C(=O)c3ccn(COc4ccc(Cl)cc4Cl)n3)CC2)cn1. The van der Waals surface area contributed by atoms with E-state index in [1.165, 1.54) is 26.1 Å². The molecule has 0 saturated carbocycles. The van der Waals surface area contributed by atoms with Gasteiger partial charge in [-0.3, -0.25) is 9.48 Å². The van der Waals surface area contributed by atoms with Crippen LogP contribution in [0.4, 0.5) is 0 Å². The van der Waals surface area contributed by atoms with Crippen molar-refractivity contribution in [2.24, 2.45) is 7.05 Å². The van der Waals surface area contributed by atoms with E-state index >= 15 is 0 Å². The molecule has 2 aromatic heterocycles. The molecule has 1 aromatic carbocycles. The lowest BCUT2D eigenvalue weighted by Crippen LogP contribution is -2.50. The molecule has 0 atom stereocenters. The maximum atomic E-state index is 12.8. The maximum absolute atomic E-state index is 12.8. The van der Waals surface area contributed by atoms with Gasteiger partial charge in [-0.25, -0.2) is 13.1 Å². The standard InChI is InChI=1S/C19H20Cl2N6O4S/c1-24-12-15(11-22-24)32(29,30)27-8-6-25(7-9-27)19(28)17-4-5-26(23-17)13-31-18-3-2-14(20)10-16(18)21/h2-5,10-12H,6-9,13H2,1H3. The zero-order chi connectivity index (χ0) is 22.9. The number of carbonyl (C=O) groups is 1. The number of hydrogen-bond acceptors (Lipinski definition) is 6. The van der Waals surface area contributed by atoms with E-state index in [1.54, 1.807) is 42.4 Å². The fraction of sp³-hybridized carbons (Fsp3) is 0.316. The molecule has 1 aliphatic heterocycles. The molecule has 10 nitrogen and oxygen atoms in total. The first kappa shape index (κ1) is 22.6. The number of rotatable bonds is 6. The van der Waals surface area contributed by atoms with E-state index in [2.05, 4.69) is 10.2 Å². The predicted molar refractivity (Wildman–Crippen MR) is 117 cm³/mol. The lowest BCUT2D eigenvalue weighted by molar-refractivity contribution is 0.0690.